The number of ether oxygens (including phenoxy) is 1. The smallest absolute Gasteiger partial charge is 0.316 e. The molecule has 2 aromatic carbocycles. The van der Waals surface area contributed by atoms with Gasteiger partial charge in [0.25, 0.3) is 11.6 Å². The Balaban J connectivity index is 1.88. The first kappa shape index (κ1) is 20.3. The van der Waals surface area contributed by atoms with Crippen LogP contribution in [-0.4, -0.2) is 29.2 Å². The second kappa shape index (κ2) is 9.08. The van der Waals surface area contributed by atoms with E-state index in [1.807, 2.05) is 0 Å². The van der Waals surface area contributed by atoms with E-state index in [1.54, 1.807) is 13.0 Å². The zero-order valence-electron chi connectivity index (χ0n) is 14.0. The number of hydrogen-bond acceptors (Lipinski definition) is 6. The molecule has 0 aliphatic rings. The number of esters is 1. The Kier molecular flexibility index (Phi) is 6.83. The van der Waals surface area contributed by atoms with Crippen molar-refractivity contribution in [1.29, 1.82) is 0 Å². The van der Waals surface area contributed by atoms with Crippen LogP contribution in [0.2, 0.25) is 0 Å². The average molecular weight is 396 g/mol. The molecular weight excluding hydrogens is 382 g/mol. The predicted molar refractivity (Wildman–Crippen MR) is 94.5 cm³/mol. The first-order valence-electron chi connectivity index (χ1n) is 7.55. The van der Waals surface area contributed by atoms with Crippen molar-refractivity contribution in [2.45, 2.75) is 11.8 Å². The number of thioether (sulfide) groups is 1. The Morgan fingerprint density at radius 1 is 1.26 bits per heavy atom. The molecule has 27 heavy (non-hydrogen) atoms. The quantitative estimate of drug-likeness (QED) is 0.333. The Morgan fingerprint density at radius 3 is 2.70 bits per heavy atom. The molecule has 0 bridgehead atoms. The SMILES string of the molecule is Cc1cccc([N+](=O)[O-])c1NC(=O)COC(=O)CSc1cc(F)ccc1F. The highest BCUT2D eigenvalue weighted by Crippen LogP contribution is 2.27. The van der Waals surface area contributed by atoms with E-state index in [0.717, 1.165) is 30.0 Å². The number of carbonyl (C=O) groups is 2. The van der Waals surface area contributed by atoms with E-state index in [-0.39, 0.29) is 22.0 Å². The topological polar surface area (TPSA) is 98.5 Å². The summed E-state index contributed by atoms with van der Waals surface area (Å²) in [4.78, 5) is 33.9. The lowest BCUT2D eigenvalue weighted by atomic mass is 10.1. The van der Waals surface area contributed by atoms with Gasteiger partial charge in [0.15, 0.2) is 6.61 Å². The van der Waals surface area contributed by atoms with Gasteiger partial charge in [-0.15, -0.1) is 11.8 Å². The molecule has 0 aliphatic carbocycles. The highest BCUT2D eigenvalue weighted by Gasteiger charge is 2.18. The van der Waals surface area contributed by atoms with Crippen LogP contribution in [-0.2, 0) is 14.3 Å². The lowest BCUT2D eigenvalue weighted by Gasteiger charge is -2.09. The summed E-state index contributed by atoms with van der Waals surface area (Å²) < 4.78 is 31.3. The van der Waals surface area contributed by atoms with Crippen molar-refractivity contribution in [3.63, 3.8) is 0 Å². The first-order valence-corrected chi connectivity index (χ1v) is 8.54. The third-order valence-corrected chi connectivity index (χ3v) is 4.32. The first-order chi connectivity index (χ1) is 12.8. The van der Waals surface area contributed by atoms with Gasteiger partial charge in [-0.25, -0.2) is 8.78 Å². The monoisotopic (exact) mass is 396 g/mol. The molecule has 142 valence electrons. The molecule has 7 nitrogen and oxygen atoms in total. The van der Waals surface area contributed by atoms with Gasteiger partial charge in [-0.05, 0) is 30.7 Å². The fourth-order valence-corrected chi connectivity index (χ4v) is 2.81. The molecule has 2 aromatic rings. The number of nitro groups is 1. The maximum Gasteiger partial charge on any atom is 0.316 e. The summed E-state index contributed by atoms with van der Waals surface area (Å²) in [5.74, 6) is -3.25. The van der Waals surface area contributed by atoms with Crippen LogP contribution in [0.15, 0.2) is 41.3 Å². The van der Waals surface area contributed by atoms with E-state index in [0.29, 0.717) is 5.56 Å². The number of amides is 1. The van der Waals surface area contributed by atoms with Crippen LogP contribution in [0.25, 0.3) is 0 Å². The molecule has 0 radical (unpaired) electrons. The zero-order chi connectivity index (χ0) is 20.0. The Labute approximate surface area is 156 Å². The van der Waals surface area contributed by atoms with Crippen LogP contribution < -0.4 is 5.32 Å². The van der Waals surface area contributed by atoms with Crippen molar-refractivity contribution in [2.75, 3.05) is 17.7 Å². The number of nitrogens with zero attached hydrogens (tertiary/aromatic N) is 1. The Bertz CT molecular complexity index is 892. The lowest BCUT2D eigenvalue weighted by Crippen LogP contribution is -2.22. The van der Waals surface area contributed by atoms with Crippen LogP contribution in [0, 0.1) is 28.7 Å². The second-order valence-electron chi connectivity index (χ2n) is 5.30. The molecule has 2 rings (SSSR count). The molecule has 0 saturated carbocycles. The van der Waals surface area contributed by atoms with E-state index in [4.69, 9.17) is 4.74 Å². The number of nitro benzene ring substituents is 1. The van der Waals surface area contributed by atoms with E-state index >= 15 is 0 Å². The number of carbonyl (C=O) groups excluding carboxylic acids is 2. The van der Waals surface area contributed by atoms with Crippen LogP contribution >= 0.6 is 11.8 Å². The van der Waals surface area contributed by atoms with Crippen molar-refractivity contribution in [3.8, 4) is 0 Å². The largest absolute Gasteiger partial charge is 0.455 e. The standard InChI is InChI=1S/C17H14F2N2O5S/c1-10-3-2-4-13(21(24)25)17(10)20-15(22)8-26-16(23)9-27-14-7-11(18)5-6-12(14)19/h2-7H,8-9H2,1H3,(H,20,22). The van der Waals surface area contributed by atoms with E-state index in [1.165, 1.54) is 12.1 Å². The van der Waals surface area contributed by atoms with Crippen LogP contribution in [0.1, 0.15) is 5.56 Å². The minimum Gasteiger partial charge on any atom is -0.455 e. The van der Waals surface area contributed by atoms with Crippen molar-refractivity contribution in [2.24, 2.45) is 0 Å². The summed E-state index contributed by atoms with van der Waals surface area (Å²) >= 11 is 0.723. The highest BCUT2D eigenvalue weighted by molar-refractivity contribution is 8.00. The molecule has 1 N–H and O–H groups in total. The molecule has 0 aliphatic heterocycles. The molecule has 10 heteroatoms. The van der Waals surface area contributed by atoms with Gasteiger partial charge in [-0.3, -0.25) is 19.7 Å². The minimum atomic E-state index is -0.821. The summed E-state index contributed by atoms with van der Waals surface area (Å²) in [7, 11) is 0. The van der Waals surface area contributed by atoms with Gasteiger partial charge in [0, 0.05) is 11.0 Å². The third-order valence-electron chi connectivity index (χ3n) is 3.31. The zero-order valence-corrected chi connectivity index (χ0v) is 14.8. The maximum absolute atomic E-state index is 13.5. The fourth-order valence-electron chi connectivity index (χ4n) is 2.05. The number of anilines is 1. The van der Waals surface area contributed by atoms with Gasteiger partial charge >= 0.3 is 5.97 Å². The van der Waals surface area contributed by atoms with Crippen LogP contribution in [0.5, 0.6) is 0 Å². The molecule has 0 fully saturated rings. The number of halogens is 2. The number of nitrogens with one attached hydrogen (secondary N) is 1. The number of para-hydroxylation sites is 1. The van der Waals surface area contributed by atoms with Gasteiger partial charge in [-0.1, -0.05) is 12.1 Å². The number of rotatable bonds is 7. The van der Waals surface area contributed by atoms with Crippen molar-refractivity contribution < 1.29 is 28.0 Å². The van der Waals surface area contributed by atoms with Crippen molar-refractivity contribution in [3.05, 3.63) is 63.7 Å². The van der Waals surface area contributed by atoms with Crippen molar-refractivity contribution in [1.82, 2.24) is 0 Å². The summed E-state index contributed by atoms with van der Waals surface area (Å²) in [6, 6.07) is 7.12. The minimum absolute atomic E-state index is 0.0137. The highest BCUT2D eigenvalue weighted by atomic mass is 32.2. The van der Waals surface area contributed by atoms with Crippen molar-refractivity contribution >= 4 is 35.0 Å². The molecule has 0 aromatic heterocycles. The third kappa shape index (κ3) is 5.74. The summed E-state index contributed by atoms with van der Waals surface area (Å²) in [6.07, 6.45) is 0. The molecule has 0 atom stereocenters. The normalized spacial score (nSPS) is 10.3. The lowest BCUT2D eigenvalue weighted by molar-refractivity contribution is -0.384. The molecule has 0 unspecified atom stereocenters. The van der Waals surface area contributed by atoms with E-state index in [9.17, 15) is 28.5 Å². The second-order valence-corrected chi connectivity index (χ2v) is 6.32. The Morgan fingerprint density at radius 2 is 2.00 bits per heavy atom. The summed E-state index contributed by atoms with van der Waals surface area (Å²) in [5, 5.41) is 13.3. The number of benzene rings is 2. The fraction of sp³-hybridized carbons (Fsp3) is 0.176. The molecule has 0 spiro atoms. The molecule has 0 saturated heterocycles. The van der Waals surface area contributed by atoms with Crippen LogP contribution in [0.4, 0.5) is 20.2 Å². The summed E-state index contributed by atoms with van der Waals surface area (Å²) in [6.45, 7) is 0.912. The predicted octanol–water partition coefficient (Wildman–Crippen LogP) is 3.46. The average Bonchev–Trinajstić information content (AvgIpc) is 2.62. The number of hydrogen-bond donors (Lipinski definition) is 1. The van der Waals surface area contributed by atoms with Gasteiger partial charge in [-0.2, -0.15) is 0 Å². The van der Waals surface area contributed by atoms with Gasteiger partial charge < -0.3 is 10.1 Å². The maximum atomic E-state index is 13.5. The van der Waals surface area contributed by atoms with Gasteiger partial charge in [0.1, 0.15) is 17.3 Å². The molecular formula is C17H14F2N2O5S. The molecule has 0 heterocycles. The van der Waals surface area contributed by atoms with E-state index in [2.05, 4.69) is 5.32 Å². The van der Waals surface area contributed by atoms with Crippen LogP contribution in [0.3, 0.4) is 0 Å². The van der Waals surface area contributed by atoms with E-state index < -0.39 is 35.0 Å². The summed E-state index contributed by atoms with van der Waals surface area (Å²) in [5.41, 5.74) is 0.201. The van der Waals surface area contributed by atoms with Gasteiger partial charge in [0.05, 0.1) is 10.7 Å². The Hall–Kier alpha value is -3.01. The van der Waals surface area contributed by atoms with Gasteiger partial charge in [0.2, 0.25) is 0 Å². The number of aryl methyl sites for hydroxylation is 1. The molecule has 1 amide bonds.